The lowest BCUT2D eigenvalue weighted by atomic mass is 9.96. The maximum Gasteiger partial charge on any atom is 0.222 e. The summed E-state index contributed by atoms with van der Waals surface area (Å²) in [6.07, 6.45) is 3.38. The van der Waals surface area contributed by atoms with Gasteiger partial charge in [-0.2, -0.15) is 0 Å². The number of nitrogens with one attached hydrogen (secondary N) is 1. The number of anilines is 1. The standard InChI is InChI=1S/C12H18N4O/c1-9-7-11(15-8-14-9)16-5-3-10(4-6-16)12(17)13-2/h7-8,10H,3-6H2,1-2H3,(H,13,17). The van der Waals surface area contributed by atoms with E-state index in [-0.39, 0.29) is 11.8 Å². The Kier molecular flexibility index (Phi) is 3.56. The van der Waals surface area contributed by atoms with Crippen LogP contribution in [-0.2, 0) is 4.79 Å². The second-order valence-electron chi connectivity index (χ2n) is 4.39. The molecule has 1 amide bonds. The smallest absolute Gasteiger partial charge is 0.222 e. The fourth-order valence-electron chi connectivity index (χ4n) is 2.19. The summed E-state index contributed by atoms with van der Waals surface area (Å²) in [5, 5.41) is 2.72. The highest BCUT2D eigenvalue weighted by Crippen LogP contribution is 2.21. The minimum atomic E-state index is 0.152. The molecule has 1 aliphatic rings. The number of aryl methyl sites for hydroxylation is 1. The van der Waals surface area contributed by atoms with Crippen LogP contribution >= 0.6 is 0 Å². The Hall–Kier alpha value is -1.65. The molecule has 1 aromatic heterocycles. The Labute approximate surface area is 101 Å². The SMILES string of the molecule is CNC(=O)C1CCN(c2cc(C)ncn2)CC1. The molecule has 0 spiro atoms. The predicted octanol–water partition coefficient (Wildman–Crippen LogP) is 0.747. The van der Waals surface area contributed by atoms with Crippen LogP contribution in [-0.4, -0.2) is 36.0 Å². The first-order valence-electron chi connectivity index (χ1n) is 5.96. The van der Waals surface area contributed by atoms with Gasteiger partial charge in [0.05, 0.1) is 0 Å². The molecule has 92 valence electrons. The zero-order chi connectivity index (χ0) is 12.3. The maximum atomic E-state index is 11.5. The third-order valence-electron chi connectivity index (χ3n) is 3.23. The molecule has 0 bridgehead atoms. The van der Waals surface area contributed by atoms with Gasteiger partial charge in [0.15, 0.2) is 0 Å². The molecular weight excluding hydrogens is 216 g/mol. The number of hydrogen-bond acceptors (Lipinski definition) is 4. The molecule has 1 fully saturated rings. The van der Waals surface area contributed by atoms with Crippen molar-refractivity contribution < 1.29 is 4.79 Å². The van der Waals surface area contributed by atoms with Crippen LogP contribution < -0.4 is 10.2 Å². The second-order valence-corrected chi connectivity index (χ2v) is 4.39. The van der Waals surface area contributed by atoms with Gasteiger partial charge in [0.2, 0.25) is 5.91 Å². The van der Waals surface area contributed by atoms with Gasteiger partial charge in [-0.25, -0.2) is 9.97 Å². The zero-order valence-corrected chi connectivity index (χ0v) is 10.3. The second kappa shape index (κ2) is 5.12. The molecule has 5 heteroatoms. The molecule has 1 aromatic rings. The monoisotopic (exact) mass is 234 g/mol. The zero-order valence-electron chi connectivity index (χ0n) is 10.3. The van der Waals surface area contributed by atoms with E-state index < -0.39 is 0 Å². The van der Waals surface area contributed by atoms with Crippen molar-refractivity contribution in [2.75, 3.05) is 25.0 Å². The molecule has 17 heavy (non-hydrogen) atoms. The summed E-state index contributed by atoms with van der Waals surface area (Å²) in [4.78, 5) is 22.1. The third-order valence-corrected chi connectivity index (χ3v) is 3.23. The van der Waals surface area contributed by atoms with Gasteiger partial charge < -0.3 is 10.2 Å². The van der Waals surface area contributed by atoms with Crippen molar-refractivity contribution in [3.8, 4) is 0 Å². The van der Waals surface area contributed by atoms with Crippen LogP contribution in [0, 0.1) is 12.8 Å². The molecule has 0 saturated carbocycles. The molecule has 0 aliphatic carbocycles. The number of aromatic nitrogens is 2. The Morgan fingerprint density at radius 2 is 2.12 bits per heavy atom. The summed E-state index contributed by atoms with van der Waals surface area (Å²) in [6.45, 7) is 3.73. The highest BCUT2D eigenvalue weighted by Gasteiger charge is 2.24. The quantitative estimate of drug-likeness (QED) is 0.820. The average molecular weight is 234 g/mol. The van der Waals surface area contributed by atoms with Crippen LogP contribution in [0.15, 0.2) is 12.4 Å². The Morgan fingerprint density at radius 1 is 1.41 bits per heavy atom. The summed E-state index contributed by atoms with van der Waals surface area (Å²) < 4.78 is 0. The molecule has 2 rings (SSSR count). The van der Waals surface area contributed by atoms with Crippen LogP contribution in [0.4, 0.5) is 5.82 Å². The number of carbonyl (C=O) groups is 1. The van der Waals surface area contributed by atoms with Crippen molar-refractivity contribution >= 4 is 11.7 Å². The number of carbonyl (C=O) groups excluding carboxylic acids is 1. The van der Waals surface area contributed by atoms with Crippen LogP contribution in [0.5, 0.6) is 0 Å². The summed E-state index contributed by atoms with van der Waals surface area (Å²) in [6, 6.07) is 1.99. The largest absolute Gasteiger partial charge is 0.359 e. The van der Waals surface area contributed by atoms with Crippen LogP contribution in [0.2, 0.25) is 0 Å². The Morgan fingerprint density at radius 3 is 2.71 bits per heavy atom. The molecule has 0 radical (unpaired) electrons. The number of amides is 1. The van der Waals surface area contributed by atoms with E-state index in [1.165, 1.54) is 0 Å². The van der Waals surface area contributed by atoms with Gasteiger partial charge in [0.25, 0.3) is 0 Å². The van der Waals surface area contributed by atoms with E-state index in [0.29, 0.717) is 0 Å². The lowest BCUT2D eigenvalue weighted by molar-refractivity contribution is -0.125. The first-order valence-corrected chi connectivity index (χ1v) is 5.96. The van der Waals surface area contributed by atoms with E-state index in [4.69, 9.17) is 0 Å². The lowest BCUT2D eigenvalue weighted by Gasteiger charge is -2.31. The fourth-order valence-corrected chi connectivity index (χ4v) is 2.19. The van der Waals surface area contributed by atoms with Gasteiger partial charge in [-0.3, -0.25) is 4.79 Å². The lowest BCUT2D eigenvalue weighted by Crippen LogP contribution is -2.39. The first-order chi connectivity index (χ1) is 8.20. The summed E-state index contributed by atoms with van der Waals surface area (Å²) in [5.41, 5.74) is 0.975. The van der Waals surface area contributed by atoms with Crippen molar-refractivity contribution in [3.63, 3.8) is 0 Å². The number of hydrogen-bond donors (Lipinski definition) is 1. The third kappa shape index (κ3) is 2.72. The molecule has 2 heterocycles. The normalized spacial score (nSPS) is 16.9. The maximum absolute atomic E-state index is 11.5. The first kappa shape index (κ1) is 11.8. The van der Waals surface area contributed by atoms with Crippen LogP contribution in [0.1, 0.15) is 18.5 Å². The highest BCUT2D eigenvalue weighted by atomic mass is 16.1. The van der Waals surface area contributed by atoms with Gasteiger partial charge in [-0.05, 0) is 19.8 Å². The fraction of sp³-hybridized carbons (Fsp3) is 0.583. The molecule has 5 nitrogen and oxygen atoms in total. The topological polar surface area (TPSA) is 58.1 Å². The van der Waals surface area contributed by atoms with Crippen LogP contribution in [0.25, 0.3) is 0 Å². The molecule has 0 atom stereocenters. The number of rotatable bonds is 2. The Balaban J connectivity index is 1.97. The van der Waals surface area contributed by atoms with Crippen LogP contribution in [0.3, 0.4) is 0 Å². The summed E-state index contributed by atoms with van der Waals surface area (Å²) in [7, 11) is 1.70. The summed E-state index contributed by atoms with van der Waals surface area (Å²) in [5.74, 6) is 1.27. The van der Waals surface area contributed by atoms with E-state index >= 15 is 0 Å². The summed E-state index contributed by atoms with van der Waals surface area (Å²) >= 11 is 0. The minimum absolute atomic E-state index is 0.152. The van der Waals surface area contributed by atoms with Gasteiger partial charge in [-0.1, -0.05) is 0 Å². The Bertz CT molecular complexity index is 399. The molecule has 1 N–H and O–H groups in total. The number of nitrogens with zero attached hydrogens (tertiary/aromatic N) is 3. The van der Waals surface area contributed by atoms with E-state index in [1.807, 2.05) is 13.0 Å². The van der Waals surface area contributed by atoms with Crippen molar-refractivity contribution in [3.05, 3.63) is 18.1 Å². The number of piperidine rings is 1. The van der Waals surface area contributed by atoms with Crippen molar-refractivity contribution in [2.24, 2.45) is 5.92 Å². The van der Waals surface area contributed by atoms with E-state index in [2.05, 4.69) is 20.2 Å². The van der Waals surface area contributed by atoms with E-state index in [9.17, 15) is 4.79 Å². The van der Waals surface area contributed by atoms with Crippen molar-refractivity contribution in [2.45, 2.75) is 19.8 Å². The van der Waals surface area contributed by atoms with Gasteiger partial charge in [-0.15, -0.1) is 0 Å². The predicted molar refractivity (Wildman–Crippen MR) is 65.8 cm³/mol. The highest BCUT2D eigenvalue weighted by molar-refractivity contribution is 5.78. The van der Waals surface area contributed by atoms with E-state index in [0.717, 1.165) is 37.4 Å². The minimum Gasteiger partial charge on any atom is -0.359 e. The van der Waals surface area contributed by atoms with Crippen molar-refractivity contribution in [1.82, 2.24) is 15.3 Å². The molecule has 1 aliphatic heterocycles. The average Bonchev–Trinajstić information content (AvgIpc) is 2.38. The molecule has 0 unspecified atom stereocenters. The van der Waals surface area contributed by atoms with Gasteiger partial charge in [0, 0.05) is 37.8 Å². The van der Waals surface area contributed by atoms with E-state index in [1.54, 1.807) is 13.4 Å². The molecular formula is C12H18N4O. The molecule has 0 aromatic carbocycles. The van der Waals surface area contributed by atoms with Gasteiger partial charge >= 0.3 is 0 Å². The van der Waals surface area contributed by atoms with Crippen molar-refractivity contribution in [1.29, 1.82) is 0 Å². The molecule has 1 saturated heterocycles. The van der Waals surface area contributed by atoms with Gasteiger partial charge in [0.1, 0.15) is 12.1 Å².